The van der Waals surface area contributed by atoms with Crippen LogP contribution in [-0.2, 0) is 10.8 Å². The Balaban J connectivity index is 1.75. The Morgan fingerprint density at radius 1 is 0.957 bits per heavy atom. The van der Waals surface area contributed by atoms with Crippen LogP contribution in [0.25, 0.3) is 10.9 Å². The van der Waals surface area contributed by atoms with E-state index in [1.165, 1.54) is 12.8 Å². The molecule has 3 aromatic rings. The van der Waals surface area contributed by atoms with Crippen LogP contribution in [-0.4, -0.2) is 32.3 Å². The van der Waals surface area contributed by atoms with Crippen molar-refractivity contribution in [3.63, 3.8) is 0 Å². The second-order valence-electron chi connectivity index (χ2n) is 5.49. The third-order valence-electron chi connectivity index (χ3n) is 4.01. The van der Waals surface area contributed by atoms with E-state index in [0.717, 1.165) is 29.8 Å². The van der Waals surface area contributed by atoms with E-state index in [1.54, 1.807) is 12.4 Å². The smallest absolute Gasteiger partial charge is 0.225 e. The third kappa shape index (κ3) is 2.70. The molecule has 0 bridgehead atoms. The molecule has 6 heteroatoms. The van der Waals surface area contributed by atoms with Crippen LogP contribution in [0.5, 0.6) is 0 Å². The van der Waals surface area contributed by atoms with Gasteiger partial charge in [0.25, 0.3) is 0 Å². The van der Waals surface area contributed by atoms with Crippen LogP contribution in [0.4, 0.5) is 5.82 Å². The van der Waals surface area contributed by atoms with Crippen LogP contribution < -0.4 is 4.90 Å². The second kappa shape index (κ2) is 6.04. The summed E-state index contributed by atoms with van der Waals surface area (Å²) in [5.74, 6) is 0.856. The summed E-state index contributed by atoms with van der Waals surface area (Å²) < 4.78 is 13.0. The van der Waals surface area contributed by atoms with Crippen LogP contribution >= 0.6 is 0 Å². The van der Waals surface area contributed by atoms with Crippen LogP contribution in [0, 0.1) is 0 Å². The number of fused-ring (bicyclic) bond motifs is 1. The molecule has 1 atom stereocenters. The first-order valence-electron chi connectivity index (χ1n) is 7.66. The molecule has 1 saturated heterocycles. The first kappa shape index (κ1) is 14.3. The van der Waals surface area contributed by atoms with E-state index in [1.807, 2.05) is 36.4 Å². The Labute approximate surface area is 136 Å². The summed E-state index contributed by atoms with van der Waals surface area (Å²) in [4.78, 5) is 16.0. The molecule has 0 radical (unpaired) electrons. The largest absolute Gasteiger partial charge is 0.356 e. The molecule has 1 fully saturated rings. The molecule has 0 amide bonds. The van der Waals surface area contributed by atoms with Crippen molar-refractivity contribution in [1.82, 2.24) is 15.0 Å². The quantitative estimate of drug-likeness (QED) is 0.693. The predicted molar refractivity (Wildman–Crippen MR) is 89.9 cm³/mol. The van der Waals surface area contributed by atoms with E-state index < -0.39 is 10.8 Å². The number of para-hydroxylation sites is 1. The van der Waals surface area contributed by atoms with Crippen LogP contribution in [0.2, 0.25) is 0 Å². The van der Waals surface area contributed by atoms with Gasteiger partial charge in [0.1, 0.15) is 16.6 Å². The predicted octanol–water partition coefficient (Wildman–Crippen LogP) is 2.79. The second-order valence-corrected chi connectivity index (χ2v) is 6.83. The van der Waals surface area contributed by atoms with Crippen molar-refractivity contribution in [2.24, 2.45) is 0 Å². The van der Waals surface area contributed by atoms with Gasteiger partial charge in [0.15, 0.2) is 0 Å². The Hall–Kier alpha value is -2.34. The lowest BCUT2D eigenvalue weighted by Gasteiger charge is -2.16. The number of hydrogen-bond acceptors (Lipinski definition) is 5. The first-order chi connectivity index (χ1) is 11.3. The van der Waals surface area contributed by atoms with Gasteiger partial charge in [-0.25, -0.2) is 14.2 Å². The highest BCUT2D eigenvalue weighted by atomic mass is 32.2. The van der Waals surface area contributed by atoms with Crippen LogP contribution in [0.1, 0.15) is 12.8 Å². The van der Waals surface area contributed by atoms with E-state index in [-0.39, 0.29) is 0 Å². The molecule has 116 valence electrons. The van der Waals surface area contributed by atoms with Crippen molar-refractivity contribution in [1.29, 1.82) is 0 Å². The molecule has 5 nitrogen and oxygen atoms in total. The van der Waals surface area contributed by atoms with Gasteiger partial charge in [0, 0.05) is 30.9 Å². The van der Waals surface area contributed by atoms with Crippen molar-refractivity contribution in [3.05, 3.63) is 48.8 Å². The molecule has 0 aliphatic carbocycles. The van der Waals surface area contributed by atoms with E-state index in [2.05, 4.69) is 19.9 Å². The van der Waals surface area contributed by atoms with Gasteiger partial charge in [-0.15, -0.1) is 0 Å². The molecule has 4 rings (SSSR count). The van der Waals surface area contributed by atoms with Gasteiger partial charge < -0.3 is 4.90 Å². The molecule has 0 N–H and O–H groups in total. The average Bonchev–Trinajstić information content (AvgIpc) is 3.15. The Morgan fingerprint density at radius 3 is 2.65 bits per heavy atom. The van der Waals surface area contributed by atoms with E-state index in [4.69, 9.17) is 0 Å². The first-order valence-corrected chi connectivity index (χ1v) is 8.81. The standard InChI is InChI=1S/C17H16N4OS/c22-23(14-7-3-5-13-6-4-9-18-16(13)14)17-19-10-8-15(20-17)21-11-1-2-12-21/h3-10H,1-2,11-12H2. The molecule has 23 heavy (non-hydrogen) atoms. The fourth-order valence-electron chi connectivity index (χ4n) is 2.87. The van der Waals surface area contributed by atoms with Gasteiger partial charge in [-0.2, -0.15) is 0 Å². The molecule has 1 aromatic carbocycles. The summed E-state index contributed by atoms with van der Waals surface area (Å²) in [5, 5.41) is 1.31. The molecular formula is C17H16N4OS. The normalized spacial score (nSPS) is 15.9. The van der Waals surface area contributed by atoms with Gasteiger partial charge in [0.2, 0.25) is 5.16 Å². The SMILES string of the molecule is O=S(c1nccc(N2CCCC2)n1)c1cccc2cccnc12. The van der Waals surface area contributed by atoms with Gasteiger partial charge in [-0.3, -0.25) is 4.98 Å². The van der Waals surface area contributed by atoms with Gasteiger partial charge in [-0.05, 0) is 31.0 Å². The van der Waals surface area contributed by atoms with Gasteiger partial charge in [0.05, 0.1) is 10.4 Å². The number of hydrogen-bond donors (Lipinski definition) is 0. The lowest BCUT2D eigenvalue weighted by Crippen LogP contribution is -2.19. The maximum atomic E-state index is 13.0. The zero-order valence-electron chi connectivity index (χ0n) is 12.6. The monoisotopic (exact) mass is 324 g/mol. The number of nitrogens with zero attached hydrogens (tertiary/aromatic N) is 4. The molecule has 0 saturated carbocycles. The summed E-state index contributed by atoms with van der Waals surface area (Å²) in [7, 11) is -1.44. The van der Waals surface area contributed by atoms with E-state index >= 15 is 0 Å². The van der Waals surface area contributed by atoms with E-state index in [9.17, 15) is 4.21 Å². The fourth-order valence-corrected chi connectivity index (χ4v) is 3.95. The number of anilines is 1. The lowest BCUT2D eigenvalue weighted by molar-refractivity contribution is 0.675. The zero-order chi connectivity index (χ0) is 15.6. The maximum absolute atomic E-state index is 13.0. The lowest BCUT2D eigenvalue weighted by atomic mass is 10.2. The minimum atomic E-state index is -1.44. The average molecular weight is 324 g/mol. The minimum absolute atomic E-state index is 0.340. The Kier molecular flexibility index (Phi) is 3.75. The highest BCUT2D eigenvalue weighted by Crippen LogP contribution is 2.24. The van der Waals surface area contributed by atoms with Crippen LogP contribution in [0.3, 0.4) is 0 Å². The summed E-state index contributed by atoms with van der Waals surface area (Å²) in [6.07, 6.45) is 5.75. The molecule has 2 aromatic heterocycles. The number of pyridine rings is 1. The van der Waals surface area contributed by atoms with Crippen molar-refractivity contribution >= 4 is 27.5 Å². The number of aromatic nitrogens is 3. The maximum Gasteiger partial charge on any atom is 0.225 e. The van der Waals surface area contributed by atoms with Crippen LogP contribution in [0.15, 0.2) is 58.8 Å². The molecular weight excluding hydrogens is 308 g/mol. The summed E-state index contributed by atoms with van der Waals surface area (Å²) in [6, 6.07) is 11.4. The van der Waals surface area contributed by atoms with Gasteiger partial charge in [-0.1, -0.05) is 18.2 Å². The molecule has 1 aliphatic rings. The zero-order valence-corrected chi connectivity index (χ0v) is 13.4. The molecule has 1 unspecified atom stereocenters. The Bertz CT molecular complexity index is 872. The topological polar surface area (TPSA) is 59.0 Å². The Morgan fingerprint density at radius 2 is 1.78 bits per heavy atom. The molecule has 1 aliphatic heterocycles. The number of benzene rings is 1. The van der Waals surface area contributed by atoms with Crippen molar-refractivity contribution in [2.45, 2.75) is 22.9 Å². The number of rotatable bonds is 3. The van der Waals surface area contributed by atoms with Crippen molar-refractivity contribution in [3.8, 4) is 0 Å². The van der Waals surface area contributed by atoms with Crippen molar-refractivity contribution in [2.75, 3.05) is 18.0 Å². The van der Waals surface area contributed by atoms with E-state index in [0.29, 0.717) is 10.1 Å². The highest BCUT2D eigenvalue weighted by molar-refractivity contribution is 7.85. The molecule has 0 spiro atoms. The summed E-state index contributed by atoms with van der Waals surface area (Å²) >= 11 is 0. The minimum Gasteiger partial charge on any atom is -0.356 e. The van der Waals surface area contributed by atoms with Crippen molar-refractivity contribution < 1.29 is 4.21 Å². The molecule has 3 heterocycles. The highest BCUT2D eigenvalue weighted by Gasteiger charge is 2.18. The third-order valence-corrected chi connectivity index (χ3v) is 5.27. The van der Waals surface area contributed by atoms with Gasteiger partial charge >= 0.3 is 0 Å². The fraction of sp³-hybridized carbons (Fsp3) is 0.235. The summed E-state index contributed by atoms with van der Waals surface area (Å²) in [5.41, 5.74) is 0.739. The summed E-state index contributed by atoms with van der Waals surface area (Å²) in [6.45, 7) is 2.00.